The van der Waals surface area contributed by atoms with Crippen LogP contribution in [0.3, 0.4) is 0 Å². The van der Waals surface area contributed by atoms with Gasteiger partial charge in [0.1, 0.15) is 5.65 Å². The minimum absolute atomic E-state index is 0.216. The van der Waals surface area contributed by atoms with Gasteiger partial charge < -0.3 is 4.40 Å². The number of hydrogen-bond acceptors (Lipinski definition) is 5. The normalized spacial score (nSPS) is 11.7. The molecule has 28 heavy (non-hydrogen) atoms. The third-order valence-corrected chi connectivity index (χ3v) is 4.85. The molecule has 4 aromatic heterocycles. The highest BCUT2D eigenvalue weighted by atomic mass is 32.1. The molecule has 1 amide bonds. The quantitative estimate of drug-likeness (QED) is 0.549. The highest BCUT2D eigenvalue weighted by molar-refractivity contribution is 7.13. The van der Waals surface area contributed by atoms with E-state index in [-0.39, 0.29) is 11.1 Å². The van der Waals surface area contributed by atoms with Gasteiger partial charge in [-0.1, -0.05) is 0 Å². The molecule has 0 atom stereocenters. The lowest BCUT2D eigenvalue weighted by Crippen LogP contribution is -2.13. The number of fused-ring (bicyclic) bond motifs is 1. The van der Waals surface area contributed by atoms with E-state index in [9.17, 15) is 18.0 Å². The molecule has 0 aliphatic rings. The van der Waals surface area contributed by atoms with Gasteiger partial charge >= 0.3 is 6.18 Å². The average molecular weight is 403 g/mol. The summed E-state index contributed by atoms with van der Waals surface area (Å²) in [6.45, 7) is 1.81. The third-order valence-electron chi connectivity index (χ3n) is 3.97. The van der Waals surface area contributed by atoms with Gasteiger partial charge in [0.25, 0.3) is 5.91 Å². The highest BCUT2D eigenvalue weighted by Gasteiger charge is 2.31. The second-order valence-corrected chi connectivity index (χ2v) is 6.87. The van der Waals surface area contributed by atoms with Gasteiger partial charge in [-0.3, -0.25) is 15.1 Å². The number of carbonyl (C=O) groups is 1. The Kier molecular flexibility index (Phi) is 4.34. The Hall–Kier alpha value is -3.27. The summed E-state index contributed by atoms with van der Waals surface area (Å²) in [4.78, 5) is 24.8. The molecule has 4 rings (SSSR count). The van der Waals surface area contributed by atoms with Crippen molar-refractivity contribution in [3.63, 3.8) is 0 Å². The second-order valence-electron chi connectivity index (χ2n) is 6.01. The summed E-state index contributed by atoms with van der Waals surface area (Å²) >= 11 is 1.28. The molecule has 1 N–H and O–H groups in total. The van der Waals surface area contributed by atoms with Gasteiger partial charge in [-0.2, -0.15) is 13.2 Å². The van der Waals surface area contributed by atoms with Crippen molar-refractivity contribution >= 4 is 28.0 Å². The van der Waals surface area contributed by atoms with Crippen molar-refractivity contribution in [3.8, 4) is 11.1 Å². The SMILES string of the molecule is Cc1csc(NC(=O)c2cc(-c3cncc(C(F)(F)F)c3)cn3ccnc23)n1. The summed E-state index contributed by atoms with van der Waals surface area (Å²) in [6, 6.07) is 2.49. The number of halogens is 3. The number of rotatable bonds is 3. The van der Waals surface area contributed by atoms with E-state index in [0.717, 1.165) is 18.0 Å². The first-order chi connectivity index (χ1) is 13.3. The van der Waals surface area contributed by atoms with Gasteiger partial charge in [-0.25, -0.2) is 9.97 Å². The maximum absolute atomic E-state index is 13.0. The predicted octanol–water partition coefficient (Wildman–Crippen LogP) is 4.43. The van der Waals surface area contributed by atoms with Gasteiger partial charge in [0.2, 0.25) is 0 Å². The van der Waals surface area contributed by atoms with Crippen molar-refractivity contribution in [3.05, 3.63) is 65.3 Å². The number of alkyl halides is 3. The van der Waals surface area contributed by atoms with Crippen molar-refractivity contribution in [2.24, 2.45) is 0 Å². The number of nitrogens with zero attached hydrogens (tertiary/aromatic N) is 4. The lowest BCUT2D eigenvalue weighted by Gasteiger charge is -2.10. The molecular weight excluding hydrogens is 391 g/mol. The molecule has 0 saturated heterocycles. The van der Waals surface area contributed by atoms with Crippen LogP contribution in [0.4, 0.5) is 18.3 Å². The fraction of sp³-hybridized carbons (Fsp3) is 0.111. The minimum Gasteiger partial charge on any atom is -0.306 e. The van der Waals surface area contributed by atoms with Gasteiger partial charge in [-0.05, 0) is 19.1 Å². The molecule has 6 nitrogen and oxygen atoms in total. The summed E-state index contributed by atoms with van der Waals surface area (Å²) < 4.78 is 40.6. The Morgan fingerprint density at radius 1 is 1.21 bits per heavy atom. The lowest BCUT2D eigenvalue weighted by atomic mass is 10.1. The average Bonchev–Trinajstić information content (AvgIpc) is 3.28. The Morgan fingerprint density at radius 3 is 2.75 bits per heavy atom. The number of aromatic nitrogens is 4. The fourth-order valence-corrected chi connectivity index (χ4v) is 3.37. The monoisotopic (exact) mass is 403 g/mol. The van der Waals surface area contributed by atoms with Crippen LogP contribution >= 0.6 is 11.3 Å². The zero-order valence-corrected chi connectivity index (χ0v) is 15.2. The van der Waals surface area contributed by atoms with Gasteiger partial charge in [0, 0.05) is 47.5 Å². The molecule has 0 aliphatic carbocycles. The van der Waals surface area contributed by atoms with E-state index in [4.69, 9.17) is 0 Å². The van der Waals surface area contributed by atoms with E-state index >= 15 is 0 Å². The zero-order valence-electron chi connectivity index (χ0n) is 14.4. The molecule has 0 unspecified atom stereocenters. The Morgan fingerprint density at radius 2 is 2.04 bits per heavy atom. The largest absolute Gasteiger partial charge is 0.417 e. The van der Waals surface area contributed by atoms with E-state index < -0.39 is 17.6 Å². The Bertz CT molecular complexity index is 1180. The summed E-state index contributed by atoms with van der Waals surface area (Å²) in [5, 5.41) is 4.92. The van der Waals surface area contributed by atoms with Crippen molar-refractivity contribution in [2.45, 2.75) is 13.1 Å². The maximum Gasteiger partial charge on any atom is 0.417 e. The molecule has 0 fully saturated rings. The molecule has 0 aromatic carbocycles. The highest BCUT2D eigenvalue weighted by Crippen LogP contribution is 2.32. The third kappa shape index (κ3) is 3.46. The van der Waals surface area contributed by atoms with Crippen LogP contribution in [0.15, 0.2) is 48.5 Å². The van der Waals surface area contributed by atoms with Crippen molar-refractivity contribution in [1.29, 1.82) is 0 Å². The first kappa shape index (κ1) is 18.1. The van der Waals surface area contributed by atoms with E-state index in [1.54, 1.807) is 29.1 Å². The summed E-state index contributed by atoms with van der Waals surface area (Å²) in [5.74, 6) is -0.452. The predicted molar refractivity (Wildman–Crippen MR) is 98.2 cm³/mol. The number of hydrogen-bond donors (Lipinski definition) is 1. The van der Waals surface area contributed by atoms with E-state index in [1.807, 2.05) is 0 Å². The van der Waals surface area contributed by atoms with Crippen LogP contribution in [0.5, 0.6) is 0 Å². The van der Waals surface area contributed by atoms with Gasteiger partial charge in [-0.15, -0.1) is 11.3 Å². The smallest absolute Gasteiger partial charge is 0.306 e. The second kappa shape index (κ2) is 6.71. The van der Waals surface area contributed by atoms with Crippen molar-refractivity contribution < 1.29 is 18.0 Å². The molecule has 0 aliphatic heterocycles. The fourth-order valence-electron chi connectivity index (χ4n) is 2.69. The van der Waals surface area contributed by atoms with Gasteiger partial charge in [0.15, 0.2) is 5.13 Å². The number of aryl methyl sites for hydroxylation is 1. The first-order valence-corrected chi connectivity index (χ1v) is 8.92. The van der Waals surface area contributed by atoms with Crippen LogP contribution in [0, 0.1) is 6.92 Å². The summed E-state index contributed by atoms with van der Waals surface area (Å²) in [7, 11) is 0. The summed E-state index contributed by atoms with van der Waals surface area (Å²) in [5.41, 5.74) is 1.16. The Labute approximate surface area is 160 Å². The first-order valence-electron chi connectivity index (χ1n) is 8.04. The molecule has 4 aromatic rings. The van der Waals surface area contributed by atoms with Gasteiger partial charge in [0.05, 0.1) is 16.8 Å². The van der Waals surface area contributed by atoms with Crippen LogP contribution in [-0.4, -0.2) is 25.3 Å². The van der Waals surface area contributed by atoms with E-state index in [2.05, 4.69) is 20.3 Å². The molecule has 0 saturated carbocycles. The molecular formula is C18H12F3N5OS. The van der Waals surface area contributed by atoms with Crippen LogP contribution in [0.25, 0.3) is 16.8 Å². The molecule has 142 valence electrons. The number of carbonyl (C=O) groups excluding carboxylic acids is 1. The molecule has 0 radical (unpaired) electrons. The standard InChI is InChI=1S/C18H12F3N5OS/c1-10-9-28-17(24-10)25-16(27)14-5-12(8-26-3-2-23-15(14)26)11-4-13(7-22-6-11)18(19,20)21/h2-9H,1H3,(H,24,25,27). The summed E-state index contributed by atoms with van der Waals surface area (Å²) in [6.07, 6.45) is 2.30. The number of thiazole rings is 1. The number of imidazole rings is 1. The maximum atomic E-state index is 13.0. The molecule has 0 bridgehead atoms. The van der Waals surface area contributed by atoms with Crippen LogP contribution in [0.1, 0.15) is 21.6 Å². The molecule has 0 spiro atoms. The van der Waals surface area contributed by atoms with Crippen LogP contribution in [0.2, 0.25) is 0 Å². The molecule has 4 heterocycles. The van der Waals surface area contributed by atoms with E-state index in [1.165, 1.54) is 29.8 Å². The van der Waals surface area contributed by atoms with E-state index in [0.29, 0.717) is 16.3 Å². The number of anilines is 1. The topological polar surface area (TPSA) is 72.2 Å². The Balaban J connectivity index is 1.78. The molecule has 10 heteroatoms. The zero-order chi connectivity index (χ0) is 19.9. The minimum atomic E-state index is -4.51. The van der Waals surface area contributed by atoms with Crippen molar-refractivity contribution in [1.82, 2.24) is 19.4 Å². The van der Waals surface area contributed by atoms with Crippen LogP contribution in [-0.2, 0) is 6.18 Å². The van der Waals surface area contributed by atoms with Crippen LogP contribution < -0.4 is 5.32 Å². The number of pyridine rings is 2. The number of nitrogens with one attached hydrogen (secondary N) is 1. The van der Waals surface area contributed by atoms with Crippen molar-refractivity contribution in [2.75, 3.05) is 5.32 Å². The lowest BCUT2D eigenvalue weighted by molar-refractivity contribution is -0.137. The number of amides is 1.